The van der Waals surface area contributed by atoms with Crippen LogP contribution in [0, 0.1) is 27.7 Å². The summed E-state index contributed by atoms with van der Waals surface area (Å²) in [4.78, 5) is 63.8. The number of nitrogens with one attached hydrogen (secondary N) is 4. The van der Waals surface area contributed by atoms with E-state index in [2.05, 4.69) is 19.9 Å². The third kappa shape index (κ3) is 6.71. The monoisotopic (exact) mass is 893 g/mol. The molecule has 10 rings (SSSR count). The molecule has 0 aliphatic heterocycles. The number of hydrogen-bond acceptors (Lipinski definition) is 10. The number of fused-ring (bicyclic) bond motifs is 8. The Morgan fingerprint density at radius 1 is 0.377 bits per heavy atom. The van der Waals surface area contributed by atoms with Crippen molar-refractivity contribution >= 4 is 107 Å². The van der Waals surface area contributed by atoms with Crippen LogP contribution in [0.5, 0.6) is 0 Å². The molecule has 4 N–H and O–H groups in total. The second kappa shape index (κ2) is 14.3. The van der Waals surface area contributed by atoms with Crippen LogP contribution in [0.2, 0.25) is 0 Å². The van der Waals surface area contributed by atoms with Crippen LogP contribution < -0.4 is 21.7 Å². The maximum Gasteiger partial charge on any atom is 2.00 e. The molecule has 0 aliphatic carbocycles. The Labute approximate surface area is 354 Å². The van der Waals surface area contributed by atoms with Gasteiger partial charge in [-0.3, -0.25) is 19.2 Å². The first-order valence-corrected chi connectivity index (χ1v) is 21.1. The van der Waals surface area contributed by atoms with Gasteiger partial charge < -0.3 is 29.0 Å². The molecule has 305 valence electrons. The number of hydrogen-bond donors (Lipinski definition) is 4. The molecular formula is C44H30MnN4O10S2. The van der Waals surface area contributed by atoms with Gasteiger partial charge in [-0.05, 0) is 99.5 Å². The van der Waals surface area contributed by atoms with Crippen LogP contribution in [-0.4, -0.2) is 45.9 Å². The molecule has 0 saturated carbocycles. The molecule has 0 fully saturated rings. The Balaban J connectivity index is 0.000000166. The van der Waals surface area contributed by atoms with Gasteiger partial charge in [-0.2, -0.15) is 0 Å². The minimum Gasteiger partial charge on any atom is -0.744 e. The summed E-state index contributed by atoms with van der Waals surface area (Å²) in [6.45, 7) is 6.74. The Hall–Kier alpha value is -6.46. The van der Waals surface area contributed by atoms with E-state index < -0.39 is 40.9 Å². The van der Waals surface area contributed by atoms with Crippen LogP contribution in [0.1, 0.15) is 22.3 Å². The van der Waals surface area contributed by atoms with Crippen molar-refractivity contribution < 1.29 is 43.0 Å². The van der Waals surface area contributed by atoms with E-state index in [1.54, 1.807) is 48.5 Å². The van der Waals surface area contributed by atoms with Gasteiger partial charge in [-0.15, -0.1) is 0 Å². The van der Waals surface area contributed by atoms with E-state index in [4.69, 9.17) is 0 Å². The fraction of sp³-hybridized carbons (Fsp3) is 0.0909. The first-order chi connectivity index (χ1) is 28.3. The average Bonchev–Trinajstić information content (AvgIpc) is 3.18. The molecule has 0 unspecified atom stereocenters. The van der Waals surface area contributed by atoms with Gasteiger partial charge in [0.25, 0.3) is 0 Å². The molecule has 17 heteroatoms. The fourth-order valence-electron chi connectivity index (χ4n) is 8.09. The van der Waals surface area contributed by atoms with E-state index in [0.29, 0.717) is 54.6 Å². The van der Waals surface area contributed by atoms with E-state index in [0.717, 1.165) is 11.1 Å². The predicted molar refractivity (Wildman–Crippen MR) is 230 cm³/mol. The molecule has 0 atom stereocenters. The second-order valence-corrected chi connectivity index (χ2v) is 17.6. The minimum absolute atomic E-state index is 0. The van der Waals surface area contributed by atoms with Crippen molar-refractivity contribution in [3.63, 3.8) is 0 Å². The molecule has 0 bridgehead atoms. The quantitative estimate of drug-likeness (QED) is 0.0846. The number of benzene rings is 6. The number of pyridine rings is 4. The van der Waals surface area contributed by atoms with E-state index >= 15 is 0 Å². The van der Waals surface area contributed by atoms with Gasteiger partial charge in [-0.25, -0.2) is 16.8 Å². The summed E-state index contributed by atoms with van der Waals surface area (Å²) in [5.74, 6) is 0. The Morgan fingerprint density at radius 2 is 0.656 bits per heavy atom. The van der Waals surface area contributed by atoms with Gasteiger partial charge in [0.2, 0.25) is 0 Å². The SMILES string of the molecule is Cc1ccc2[nH]c3cc4c(=O)c5c(S(=O)(=O)[O-])c(C)ccc5[nH]c4cc3c(=O)c2c1.Cc1ccc2[nH]c3cc4c(=O)c5c(S(=O)(=O)[O-])c(C)ccc5[nH]c4cc3c(=O)c2c1.[Mn+2]. The van der Waals surface area contributed by atoms with Crippen LogP contribution in [0.4, 0.5) is 0 Å². The largest absolute Gasteiger partial charge is 2.00 e. The first-order valence-electron chi connectivity index (χ1n) is 18.3. The number of aryl methyl sites for hydroxylation is 4. The summed E-state index contributed by atoms with van der Waals surface area (Å²) in [5.41, 5.74) is 4.20. The van der Waals surface area contributed by atoms with Crippen LogP contribution in [0.25, 0.3) is 87.2 Å². The van der Waals surface area contributed by atoms with E-state index in [1.807, 2.05) is 26.0 Å². The molecule has 4 heterocycles. The average molecular weight is 894 g/mol. The summed E-state index contributed by atoms with van der Waals surface area (Å²) < 4.78 is 71.0. The van der Waals surface area contributed by atoms with Crippen molar-refractivity contribution in [1.29, 1.82) is 0 Å². The van der Waals surface area contributed by atoms with Gasteiger partial charge in [0.15, 0.2) is 21.7 Å². The number of aromatic nitrogens is 4. The third-order valence-corrected chi connectivity index (χ3v) is 12.9. The van der Waals surface area contributed by atoms with Crippen LogP contribution in [-0.2, 0) is 37.3 Å². The second-order valence-electron chi connectivity index (χ2n) is 15.0. The van der Waals surface area contributed by atoms with Crippen molar-refractivity contribution in [2.45, 2.75) is 37.5 Å². The molecule has 6 aromatic carbocycles. The summed E-state index contributed by atoms with van der Waals surface area (Å²) in [7, 11) is -9.72. The minimum atomic E-state index is -4.86. The molecule has 0 amide bonds. The molecule has 0 aliphatic rings. The van der Waals surface area contributed by atoms with Crippen molar-refractivity contribution in [2.24, 2.45) is 0 Å². The molecule has 10 aromatic rings. The molecule has 0 spiro atoms. The Kier molecular flexibility index (Phi) is 9.70. The van der Waals surface area contributed by atoms with Gasteiger partial charge in [0.1, 0.15) is 20.2 Å². The molecule has 0 saturated heterocycles. The zero-order valence-corrected chi connectivity index (χ0v) is 35.2. The maximum atomic E-state index is 13.2. The van der Waals surface area contributed by atoms with Gasteiger partial charge in [0, 0.05) is 43.4 Å². The van der Waals surface area contributed by atoms with Gasteiger partial charge in [-0.1, -0.05) is 35.4 Å². The molecule has 14 nitrogen and oxygen atoms in total. The van der Waals surface area contributed by atoms with Crippen molar-refractivity contribution in [2.75, 3.05) is 0 Å². The number of rotatable bonds is 2. The number of H-pyrrole nitrogens is 4. The predicted octanol–water partition coefficient (Wildman–Crippen LogP) is 6.39. The fourth-order valence-corrected chi connectivity index (χ4v) is 9.92. The summed E-state index contributed by atoms with van der Waals surface area (Å²) in [6, 6.07) is 23.2. The smallest absolute Gasteiger partial charge is 0.744 e. The summed E-state index contributed by atoms with van der Waals surface area (Å²) in [6.07, 6.45) is 0. The van der Waals surface area contributed by atoms with Crippen LogP contribution in [0.15, 0.2) is 114 Å². The maximum absolute atomic E-state index is 13.2. The van der Waals surface area contributed by atoms with E-state index in [1.165, 1.54) is 38.1 Å². The molecular weight excluding hydrogens is 864 g/mol. The zero-order valence-electron chi connectivity index (χ0n) is 32.4. The Morgan fingerprint density at radius 3 is 0.984 bits per heavy atom. The topological polar surface area (TPSA) is 246 Å². The van der Waals surface area contributed by atoms with Crippen molar-refractivity contribution in [1.82, 2.24) is 19.9 Å². The summed E-state index contributed by atoms with van der Waals surface area (Å²) >= 11 is 0. The standard InChI is InChI=1S/2C22H16N2O5S.Mn/c2*1-10-3-5-15-12(7-10)20(25)13-8-18-14(9-17(13)23-15)21(26)19-16(24-18)6-4-11(2)22(19)30(27,28)29;/h2*3-9H,1-2H3,(H,23,25)(H,24,26)(H,27,28,29);/q;;+2/p-2. The third-order valence-electron chi connectivity index (χ3n) is 10.9. The molecule has 1 radical (unpaired) electrons. The van der Waals surface area contributed by atoms with E-state index in [9.17, 15) is 45.1 Å². The normalized spacial score (nSPS) is 12.2. The van der Waals surface area contributed by atoms with Crippen molar-refractivity contribution in [3.05, 3.63) is 148 Å². The van der Waals surface area contributed by atoms with Crippen molar-refractivity contribution in [3.8, 4) is 0 Å². The van der Waals surface area contributed by atoms with Gasteiger partial charge >= 0.3 is 17.1 Å². The van der Waals surface area contributed by atoms with Crippen LogP contribution in [0.3, 0.4) is 0 Å². The van der Waals surface area contributed by atoms with Crippen LogP contribution >= 0.6 is 0 Å². The number of aromatic amines is 4. The van der Waals surface area contributed by atoms with Gasteiger partial charge in [0.05, 0.1) is 53.7 Å². The summed E-state index contributed by atoms with van der Waals surface area (Å²) in [5, 5.41) is 1.92. The first kappa shape index (κ1) is 41.3. The Bertz CT molecular complexity index is 3830. The van der Waals surface area contributed by atoms with E-state index in [-0.39, 0.29) is 71.6 Å². The molecule has 4 aromatic heterocycles. The molecule has 61 heavy (non-hydrogen) atoms. The zero-order chi connectivity index (χ0) is 42.7.